The molecule has 0 bridgehead atoms. The molecule has 1 saturated heterocycles. The number of carbonyl (C=O) groups excluding carboxylic acids is 2. The van der Waals surface area contributed by atoms with Crippen LogP contribution in [-0.4, -0.2) is 35.6 Å². The SMILES string of the molecule is O=C1CC(NCC2CCCC(O)C2)C(=O)N1. The van der Waals surface area contributed by atoms with Crippen molar-refractivity contribution in [1.82, 2.24) is 10.6 Å². The smallest absolute Gasteiger partial charge is 0.244 e. The Morgan fingerprint density at radius 3 is 2.81 bits per heavy atom. The molecular formula is C11H18N2O3. The fourth-order valence-corrected chi connectivity index (χ4v) is 2.48. The third kappa shape index (κ3) is 2.80. The maximum Gasteiger partial charge on any atom is 0.244 e. The average molecular weight is 226 g/mol. The first-order valence-electron chi connectivity index (χ1n) is 5.90. The third-order valence-electron chi connectivity index (χ3n) is 3.38. The summed E-state index contributed by atoms with van der Waals surface area (Å²) in [6, 6.07) is -0.369. The van der Waals surface area contributed by atoms with Crippen LogP contribution in [-0.2, 0) is 9.59 Å². The van der Waals surface area contributed by atoms with Gasteiger partial charge in [-0.15, -0.1) is 0 Å². The second kappa shape index (κ2) is 4.93. The Labute approximate surface area is 94.6 Å². The number of carbonyl (C=O) groups is 2. The van der Waals surface area contributed by atoms with E-state index in [9.17, 15) is 14.7 Å². The van der Waals surface area contributed by atoms with E-state index in [-0.39, 0.29) is 30.4 Å². The molecule has 2 fully saturated rings. The van der Waals surface area contributed by atoms with E-state index < -0.39 is 0 Å². The van der Waals surface area contributed by atoms with E-state index in [0.717, 1.165) is 25.7 Å². The highest BCUT2D eigenvalue weighted by Crippen LogP contribution is 2.23. The Morgan fingerprint density at radius 2 is 2.19 bits per heavy atom. The van der Waals surface area contributed by atoms with Crippen molar-refractivity contribution in [2.45, 2.75) is 44.2 Å². The second-order valence-electron chi connectivity index (χ2n) is 4.76. The molecule has 1 heterocycles. The molecule has 16 heavy (non-hydrogen) atoms. The van der Waals surface area contributed by atoms with Gasteiger partial charge in [0.25, 0.3) is 0 Å². The van der Waals surface area contributed by atoms with Crippen LogP contribution in [0.4, 0.5) is 0 Å². The maximum atomic E-state index is 11.3. The molecule has 0 aromatic rings. The van der Waals surface area contributed by atoms with Gasteiger partial charge in [-0.3, -0.25) is 14.9 Å². The normalized spacial score (nSPS) is 35.2. The van der Waals surface area contributed by atoms with E-state index in [0.29, 0.717) is 12.5 Å². The van der Waals surface area contributed by atoms with Crippen LogP contribution in [0.25, 0.3) is 0 Å². The van der Waals surface area contributed by atoms with Gasteiger partial charge in [0.1, 0.15) is 0 Å². The molecule has 2 amide bonds. The first-order chi connectivity index (χ1) is 7.65. The molecule has 3 unspecified atom stereocenters. The molecule has 0 aromatic carbocycles. The van der Waals surface area contributed by atoms with Gasteiger partial charge in [-0.1, -0.05) is 6.42 Å². The van der Waals surface area contributed by atoms with Gasteiger partial charge < -0.3 is 10.4 Å². The van der Waals surface area contributed by atoms with Gasteiger partial charge in [-0.05, 0) is 31.7 Å². The molecular weight excluding hydrogens is 208 g/mol. The molecule has 0 spiro atoms. The van der Waals surface area contributed by atoms with Crippen molar-refractivity contribution in [2.75, 3.05) is 6.54 Å². The predicted molar refractivity (Wildman–Crippen MR) is 57.5 cm³/mol. The fraction of sp³-hybridized carbons (Fsp3) is 0.818. The minimum absolute atomic E-state index is 0.195. The molecule has 3 atom stereocenters. The van der Waals surface area contributed by atoms with Crippen LogP contribution < -0.4 is 10.6 Å². The van der Waals surface area contributed by atoms with Gasteiger partial charge in [0.2, 0.25) is 11.8 Å². The summed E-state index contributed by atoms with van der Waals surface area (Å²) in [5.74, 6) is -0.000196. The van der Waals surface area contributed by atoms with Crippen LogP contribution in [0.2, 0.25) is 0 Å². The lowest BCUT2D eigenvalue weighted by molar-refractivity contribution is -0.125. The minimum Gasteiger partial charge on any atom is -0.393 e. The molecule has 5 nitrogen and oxygen atoms in total. The summed E-state index contributed by atoms with van der Waals surface area (Å²) in [6.45, 7) is 0.711. The molecule has 3 N–H and O–H groups in total. The minimum atomic E-state index is -0.369. The summed E-state index contributed by atoms with van der Waals surface area (Å²) in [4.78, 5) is 22.2. The van der Waals surface area contributed by atoms with Gasteiger partial charge in [0, 0.05) is 0 Å². The van der Waals surface area contributed by atoms with Crippen LogP contribution in [0.3, 0.4) is 0 Å². The van der Waals surface area contributed by atoms with E-state index in [1.807, 2.05) is 0 Å². The third-order valence-corrected chi connectivity index (χ3v) is 3.38. The molecule has 2 aliphatic rings. The Morgan fingerprint density at radius 1 is 1.38 bits per heavy atom. The highest BCUT2D eigenvalue weighted by atomic mass is 16.3. The van der Waals surface area contributed by atoms with E-state index >= 15 is 0 Å². The highest BCUT2D eigenvalue weighted by Gasteiger charge is 2.31. The summed E-state index contributed by atoms with van der Waals surface area (Å²) >= 11 is 0. The lowest BCUT2D eigenvalue weighted by atomic mass is 9.87. The van der Waals surface area contributed by atoms with Gasteiger partial charge in [0.05, 0.1) is 18.6 Å². The van der Waals surface area contributed by atoms with Crippen molar-refractivity contribution in [1.29, 1.82) is 0 Å². The lowest BCUT2D eigenvalue weighted by Gasteiger charge is -2.26. The number of imide groups is 1. The average Bonchev–Trinajstić information content (AvgIpc) is 2.54. The number of nitrogens with one attached hydrogen (secondary N) is 2. The van der Waals surface area contributed by atoms with E-state index in [1.165, 1.54) is 0 Å². The summed E-state index contributed by atoms with van der Waals surface area (Å²) in [7, 11) is 0. The quantitative estimate of drug-likeness (QED) is 0.569. The van der Waals surface area contributed by atoms with Gasteiger partial charge >= 0.3 is 0 Å². The molecule has 0 aromatic heterocycles. The number of aliphatic hydroxyl groups is 1. The summed E-state index contributed by atoms with van der Waals surface area (Å²) < 4.78 is 0. The van der Waals surface area contributed by atoms with Crippen molar-refractivity contribution in [3.63, 3.8) is 0 Å². The van der Waals surface area contributed by atoms with Crippen LogP contribution in [0.5, 0.6) is 0 Å². The lowest BCUT2D eigenvalue weighted by Crippen LogP contribution is -2.40. The first-order valence-corrected chi connectivity index (χ1v) is 5.90. The number of aliphatic hydroxyl groups excluding tert-OH is 1. The second-order valence-corrected chi connectivity index (χ2v) is 4.76. The van der Waals surface area contributed by atoms with Crippen molar-refractivity contribution < 1.29 is 14.7 Å². The first kappa shape index (κ1) is 11.5. The molecule has 0 radical (unpaired) electrons. The zero-order valence-electron chi connectivity index (χ0n) is 9.24. The molecule has 1 saturated carbocycles. The van der Waals surface area contributed by atoms with Gasteiger partial charge in [-0.25, -0.2) is 0 Å². The highest BCUT2D eigenvalue weighted by molar-refractivity contribution is 6.05. The van der Waals surface area contributed by atoms with Crippen LogP contribution in [0, 0.1) is 5.92 Å². The number of amides is 2. The van der Waals surface area contributed by atoms with Crippen molar-refractivity contribution >= 4 is 11.8 Å². The summed E-state index contributed by atoms with van der Waals surface area (Å²) in [6.07, 6.45) is 3.87. The Hall–Kier alpha value is -0.940. The van der Waals surface area contributed by atoms with E-state index in [1.54, 1.807) is 0 Å². The molecule has 90 valence electrons. The van der Waals surface area contributed by atoms with Crippen LogP contribution in [0.15, 0.2) is 0 Å². The summed E-state index contributed by atoms with van der Waals surface area (Å²) in [5, 5.41) is 14.9. The van der Waals surface area contributed by atoms with Crippen molar-refractivity contribution in [2.24, 2.45) is 5.92 Å². The zero-order chi connectivity index (χ0) is 11.5. The van der Waals surface area contributed by atoms with Crippen molar-refractivity contribution in [3.8, 4) is 0 Å². The predicted octanol–water partition coefficient (Wildman–Crippen LogP) is -0.458. The summed E-state index contributed by atoms with van der Waals surface area (Å²) in [5.41, 5.74) is 0. The van der Waals surface area contributed by atoms with E-state index in [4.69, 9.17) is 0 Å². The molecule has 5 heteroatoms. The van der Waals surface area contributed by atoms with Gasteiger partial charge in [-0.2, -0.15) is 0 Å². The Kier molecular flexibility index (Phi) is 3.56. The fourth-order valence-electron chi connectivity index (χ4n) is 2.48. The van der Waals surface area contributed by atoms with E-state index in [2.05, 4.69) is 10.6 Å². The molecule has 2 rings (SSSR count). The number of hydrogen-bond acceptors (Lipinski definition) is 4. The maximum absolute atomic E-state index is 11.3. The Balaban J connectivity index is 1.74. The molecule has 1 aliphatic carbocycles. The van der Waals surface area contributed by atoms with Crippen LogP contribution >= 0.6 is 0 Å². The Bertz CT molecular complexity index is 293. The number of hydrogen-bond donors (Lipinski definition) is 3. The topological polar surface area (TPSA) is 78.4 Å². The molecule has 1 aliphatic heterocycles. The standard InChI is InChI=1S/C11H18N2O3/c14-8-3-1-2-7(4-8)6-12-9-5-10(15)13-11(9)16/h7-9,12,14H,1-6H2,(H,13,15,16). The zero-order valence-corrected chi connectivity index (χ0v) is 9.24. The van der Waals surface area contributed by atoms with Gasteiger partial charge in [0.15, 0.2) is 0 Å². The van der Waals surface area contributed by atoms with Crippen LogP contribution in [0.1, 0.15) is 32.1 Å². The number of rotatable bonds is 3. The van der Waals surface area contributed by atoms with Crippen molar-refractivity contribution in [3.05, 3.63) is 0 Å². The largest absolute Gasteiger partial charge is 0.393 e. The monoisotopic (exact) mass is 226 g/mol.